The number of rotatable bonds is 1. The molecule has 1 saturated carbocycles. The fourth-order valence-electron chi connectivity index (χ4n) is 2.59. The van der Waals surface area contributed by atoms with Gasteiger partial charge in [-0.15, -0.1) is 0 Å². The van der Waals surface area contributed by atoms with E-state index in [2.05, 4.69) is 24.3 Å². The van der Waals surface area contributed by atoms with E-state index < -0.39 is 0 Å². The largest absolute Gasteiger partial charge is 0.316 e. The summed E-state index contributed by atoms with van der Waals surface area (Å²) in [5.41, 5.74) is 0. The Hall–Kier alpha value is -0.0800. The molecule has 0 radical (unpaired) electrons. The summed E-state index contributed by atoms with van der Waals surface area (Å²) in [5.74, 6) is 1.91. The van der Waals surface area contributed by atoms with E-state index in [0.717, 1.165) is 17.9 Å². The zero-order valence-electron chi connectivity index (χ0n) is 6.80. The Kier molecular flexibility index (Phi) is 1.46. The van der Waals surface area contributed by atoms with Gasteiger partial charge in [-0.25, -0.2) is 0 Å². The molecule has 0 aromatic rings. The second-order valence-corrected chi connectivity index (χ2v) is 3.79. The van der Waals surface area contributed by atoms with Gasteiger partial charge in [-0.3, -0.25) is 0 Å². The molecule has 2 saturated heterocycles. The van der Waals surface area contributed by atoms with E-state index in [0.29, 0.717) is 0 Å². The standard InChI is InChI=1S/C8H16N2/c1-9-8-6-3-7(8)5-10(2)4-6/h6-9H,3-5H2,1-2H3. The van der Waals surface area contributed by atoms with Gasteiger partial charge in [0, 0.05) is 19.1 Å². The van der Waals surface area contributed by atoms with E-state index in [1.54, 1.807) is 0 Å². The van der Waals surface area contributed by atoms with Gasteiger partial charge in [0.25, 0.3) is 0 Å². The minimum atomic E-state index is 0.844. The van der Waals surface area contributed by atoms with Crippen LogP contribution < -0.4 is 5.32 Å². The Morgan fingerprint density at radius 3 is 2.40 bits per heavy atom. The zero-order chi connectivity index (χ0) is 7.14. The third kappa shape index (κ3) is 0.789. The fourth-order valence-corrected chi connectivity index (χ4v) is 2.59. The van der Waals surface area contributed by atoms with Crippen molar-refractivity contribution >= 4 is 0 Å². The van der Waals surface area contributed by atoms with E-state index in [1.807, 2.05) is 0 Å². The van der Waals surface area contributed by atoms with Crippen LogP contribution in [0.5, 0.6) is 0 Å². The van der Waals surface area contributed by atoms with Gasteiger partial charge < -0.3 is 10.2 Å². The topological polar surface area (TPSA) is 15.3 Å². The minimum absolute atomic E-state index is 0.844. The third-order valence-electron chi connectivity index (χ3n) is 3.05. The van der Waals surface area contributed by atoms with E-state index in [9.17, 15) is 0 Å². The summed E-state index contributed by atoms with van der Waals surface area (Å²) in [6.45, 7) is 2.62. The second kappa shape index (κ2) is 2.21. The highest BCUT2D eigenvalue weighted by atomic mass is 15.1. The molecule has 10 heavy (non-hydrogen) atoms. The summed E-state index contributed by atoms with van der Waals surface area (Å²) < 4.78 is 0. The zero-order valence-corrected chi connectivity index (χ0v) is 6.80. The Bertz CT molecular complexity index is 123. The first-order valence-corrected chi connectivity index (χ1v) is 4.17. The molecule has 0 amide bonds. The van der Waals surface area contributed by atoms with Crippen molar-refractivity contribution in [3.63, 3.8) is 0 Å². The van der Waals surface area contributed by atoms with Crippen LogP contribution in [0, 0.1) is 11.8 Å². The molecule has 2 heteroatoms. The second-order valence-electron chi connectivity index (χ2n) is 3.79. The molecule has 2 aliphatic heterocycles. The van der Waals surface area contributed by atoms with E-state index in [1.165, 1.54) is 19.5 Å². The molecule has 1 aliphatic carbocycles. The molecule has 3 fully saturated rings. The maximum absolute atomic E-state index is 3.40. The van der Waals surface area contributed by atoms with Crippen molar-refractivity contribution in [1.82, 2.24) is 10.2 Å². The van der Waals surface area contributed by atoms with Gasteiger partial charge in [0.15, 0.2) is 0 Å². The molecule has 2 unspecified atom stereocenters. The van der Waals surface area contributed by atoms with Crippen LogP contribution >= 0.6 is 0 Å². The lowest BCUT2D eigenvalue weighted by Crippen LogP contribution is -2.61. The van der Waals surface area contributed by atoms with Crippen LogP contribution in [0.3, 0.4) is 0 Å². The molecule has 58 valence electrons. The van der Waals surface area contributed by atoms with Gasteiger partial charge in [-0.2, -0.15) is 0 Å². The van der Waals surface area contributed by atoms with Gasteiger partial charge in [-0.05, 0) is 32.4 Å². The maximum Gasteiger partial charge on any atom is 0.0145 e. The summed E-state index contributed by atoms with van der Waals surface area (Å²) >= 11 is 0. The van der Waals surface area contributed by atoms with E-state index in [-0.39, 0.29) is 0 Å². The Morgan fingerprint density at radius 2 is 1.90 bits per heavy atom. The number of piperidine rings is 2. The molecule has 3 rings (SSSR count). The van der Waals surface area contributed by atoms with Crippen molar-refractivity contribution in [3.8, 4) is 0 Å². The van der Waals surface area contributed by atoms with Crippen molar-refractivity contribution in [3.05, 3.63) is 0 Å². The first-order chi connectivity index (χ1) is 4.81. The van der Waals surface area contributed by atoms with Crippen molar-refractivity contribution in [1.29, 1.82) is 0 Å². The molecular formula is C8H16N2. The third-order valence-corrected chi connectivity index (χ3v) is 3.05. The molecule has 0 aromatic heterocycles. The molecule has 2 heterocycles. The summed E-state index contributed by atoms with van der Waals surface area (Å²) in [5, 5.41) is 3.40. The minimum Gasteiger partial charge on any atom is -0.316 e. The lowest BCUT2D eigenvalue weighted by molar-refractivity contribution is 0.00160. The lowest BCUT2D eigenvalue weighted by Gasteiger charge is -2.52. The normalized spacial score (nSPS) is 46.8. The number of nitrogens with zero attached hydrogens (tertiary/aromatic N) is 1. The van der Waals surface area contributed by atoms with Crippen LogP contribution in [0.15, 0.2) is 0 Å². The number of nitrogens with one attached hydrogen (secondary N) is 1. The lowest BCUT2D eigenvalue weighted by atomic mass is 9.66. The number of hydrogen-bond acceptors (Lipinski definition) is 2. The van der Waals surface area contributed by atoms with E-state index in [4.69, 9.17) is 0 Å². The van der Waals surface area contributed by atoms with Crippen LogP contribution in [0.25, 0.3) is 0 Å². The first kappa shape index (κ1) is 6.62. The highest BCUT2D eigenvalue weighted by molar-refractivity contribution is 5.00. The Balaban J connectivity index is 1.96. The quantitative estimate of drug-likeness (QED) is 0.558. The van der Waals surface area contributed by atoms with Crippen molar-refractivity contribution in [2.45, 2.75) is 12.5 Å². The van der Waals surface area contributed by atoms with Crippen molar-refractivity contribution in [2.75, 3.05) is 27.2 Å². The fraction of sp³-hybridized carbons (Fsp3) is 1.00. The smallest absolute Gasteiger partial charge is 0.0145 e. The highest BCUT2D eigenvalue weighted by Crippen LogP contribution is 2.38. The Morgan fingerprint density at radius 1 is 1.30 bits per heavy atom. The SMILES string of the molecule is CNC1C2CC1CN(C)C2. The van der Waals surface area contributed by atoms with Crippen LogP contribution in [0.1, 0.15) is 6.42 Å². The van der Waals surface area contributed by atoms with Crippen molar-refractivity contribution in [2.24, 2.45) is 11.8 Å². The molecule has 0 spiro atoms. The average Bonchev–Trinajstić information content (AvgIpc) is 1.87. The number of hydrogen-bond donors (Lipinski definition) is 1. The first-order valence-electron chi connectivity index (χ1n) is 4.17. The van der Waals surface area contributed by atoms with Gasteiger partial charge in [-0.1, -0.05) is 0 Å². The van der Waals surface area contributed by atoms with Crippen LogP contribution in [-0.4, -0.2) is 38.1 Å². The molecule has 2 nitrogen and oxygen atoms in total. The Labute approximate surface area is 62.6 Å². The van der Waals surface area contributed by atoms with Crippen LogP contribution in [0.2, 0.25) is 0 Å². The monoisotopic (exact) mass is 140 g/mol. The van der Waals surface area contributed by atoms with Gasteiger partial charge in [0.2, 0.25) is 0 Å². The molecule has 1 N–H and O–H groups in total. The summed E-state index contributed by atoms with van der Waals surface area (Å²) in [7, 11) is 4.32. The predicted octanol–water partition coefficient (Wildman–Crippen LogP) is 0.156. The summed E-state index contributed by atoms with van der Waals surface area (Å²) in [6.07, 6.45) is 1.47. The highest BCUT2D eigenvalue weighted by Gasteiger charge is 2.44. The summed E-state index contributed by atoms with van der Waals surface area (Å²) in [6, 6.07) is 0.844. The van der Waals surface area contributed by atoms with Gasteiger partial charge in [0.1, 0.15) is 0 Å². The van der Waals surface area contributed by atoms with Gasteiger partial charge >= 0.3 is 0 Å². The van der Waals surface area contributed by atoms with Gasteiger partial charge in [0.05, 0.1) is 0 Å². The maximum atomic E-state index is 3.40. The molecular weight excluding hydrogens is 124 g/mol. The molecule has 2 bridgehead atoms. The molecule has 3 aliphatic rings. The molecule has 2 atom stereocenters. The summed E-state index contributed by atoms with van der Waals surface area (Å²) in [4.78, 5) is 2.45. The van der Waals surface area contributed by atoms with Crippen LogP contribution in [-0.2, 0) is 0 Å². The molecule has 0 aromatic carbocycles. The van der Waals surface area contributed by atoms with Crippen LogP contribution in [0.4, 0.5) is 0 Å². The number of fused-ring (bicyclic) bond motifs is 2. The average molecular weight is 140 g/mol. The van der Waals surface area contributed by atoms with Crippen molar-refractivity contribution < 1.29 is 0 Å². The van der Waals surface area contributed by atoms with E-state index >= 15 is 0 Å². The predicted molar refractivity (Wildman–Crippen MR) is 41.9 cm³/mol.